The van der Waals surface area contributed by atoms with Crippen molar-refractivity contribution in [1.82, 2.24) is 15.2 Å². The summed E-state index contributed by atoms with van der Waals surface area (Å²) >= 11 is 0. The standard InChI is InChI=1S/C24H18N4O2/c1-15-10-11-21-20(12-15)27-24(30-21)19-14-25-28-22(19)17-8-5-9-18(13-17)26-23(29)16-6-3-2-4-7-16/h2-14H,1H3,(H,25,28)(H,26,29). The molecule has 1 amide bonds. The molecule has 0 unspecified atom stereocenters. The quantitative estimate of drug-likeness (QED) is 0.425. The Balaban J connectivity index is 1.48. The summed E-state index contributed by atoms with van der Waals surface area (Å²) in [5.74, 6) is 0.338. The zero-order valence-electron chi connectivity index (χ0n) is 16.2. The summed E-state index contributed by atoms with van der Waals surface area (Å²) in [6.07, 6.45) is 1.70. The molecule has 30 heavy (non-hydrogen) atoms. The summed E-state index contributed by atoms with van der Waals surface area (Å²) in [4.78, 5) is 17.1. The van der Waals surface area contributed by atoms with Crippen LogP contribution in [0.25, 0.3) is 33.8 Å². The minimum atomic E-state index is -0.160. The van der Waals surface area contributed by atoms with Crippen LogP contribution in [-0.4, -0.2) is 21.1 Å². The Kier molecular flexibility index (Phi) is 4.37. The van der Waals surface area contributed by atoms with Gasteiger partial charge in [-0.1, -0.05) is 36.4 Å². The lowest BCUT2D eigenvalue weighted by molar-refractivity contribution is 0.102. The minimum Gasteiger partial charge on any atom is -0.436 e. The SMILES string of the molecule is Cc1ccc2oc(-c3cn[nH]c3-c3cccc(NC(=O)c4ccccc4)c3)nc2c1. The molecule has 0 aliphatic rings. The molecule has 146 valence electrons. The number of aromatic amines is 1. The number of hydrogen-bond donors (Lipinski definition) is 2. The number of aryl methyl sites for hydroxylation is 1. The lowest BCUT2D eigenvalue weighted by Crippen LogP contribution is -2.11. The van der Waals surface area contributed by atoms with Gasteiger partial charge in [0.1, 0.15) is 5.52 Å². The fraction of sp³-hybridized carbons (Fsp3) is 0.0417. The molecule has 2 N–H and O–H groups in total. The average Bonchev–Trinajstić information content (AvgIpc) is 3.41. The van der Waals surface area contributed by atoms with Crippen molar-refractivity contribution in [1.29, 1.82) is 0 Å². The van der Waals surface area contributed by atoms with E-state index in [-0.39, 0.29) is 5.91 Å². The van der Waals surface area contributed by atoms with Gasteiger partial charge in [0.05, 0.1) is 17.5 Å². The lowest BCUT2D eigenvalue weighted by Gasteiger charge is -2.07. The van der Waals surface area contributed by atoms with Gasteiger partial charge in [0.25, 0.3) is 5.91 Å². The predicted molar refractivity (Wildman–Crippen MR) is 116 cm³/mol. The van der Waals surface area contributed by atoms with Gasteiger partial charge in [-0.05, 0) is 48.9 Å². The number of carbonyl (C=O) groups excluding carboxylic acids is 1. The molecule has 5 rings (SSSR count). The van der Waals surface area contributed by atoms with E-state index in [1.165, 1.54) is 0 Å². The fourth-order valence-electron chi connectivity index (χ4n) is 3.37. The van der Waals surface area contributed by atoms with E-state index in [2.05, 4.69) is 20.5 Å². The topological polar surface area (TPSA) is 83.8 Å². The molecule has 0 fully saturated rings. The second kappa shape index (κ2) is 7.33. The molecule has 2 aromatic heterocycles. The van der Waals surface area contributed by atoms with Crippen LogP contribution >= 0.6 is 0 Å². The molecule has 0 atom stereocenters. The van der Waals surface area contributed by atoms with Crippen molar-refractivity contribution < 1.29 is 9.21 Å². The van der Waals surface area contributed by atoms with Gasteiger partial charge in [-0.25, -0.2) is 4.98 Å². The maximum Gasteiger partial charge on any atom is 0.255 e. The molecular formula is C24H18N4O2. The first kappa shape index (κ1) is 17.9. The summed E-state index contributed by atoms with van der Waals surface area (Å²) in [5, 5.41) is 10.1. The molecule has 6 heteroatoms. The van der Waals surface area contributed by atoms with E-state index in [4.69, 9.17) is 4.42 Å². The third kappa shape index (κ3) is 3.35. The monoisotopic (exact) mass is 394 g/mol. The van der Waals surface area contributed by atoms with Crippen molar-refractivity contribution >= 4 is 22.7 Å². The van der Waals surface area contributed by atoms with Crippen LogP contribution < -0.4 is 5.32 Å². The first-order valence-electron chi connectivity index (χ1n) is 9.55. The first-order chi connectivity index (χ1) is 14.7. The van der Waals surface area contributed by atoms with E-state index in [1.54, 1.807) is 18.3 Å². The molecule has 0 bridgehead atoms. The number of anilines is 1. The van der Waals surface area contributed by atoms with Crippen molar-refractivity contribution in [3.8, 4) is 22.7 Å². The number of nitrogens with zero attached hydrogens (tertiary/aromatic N) is 2. The summed E-state index contributed by atoms with van der Waals surface area (Å²) in [6, 6.07) is 22.6. The van der Waals surface area contributed by atoms with Crippen LogP contribution in [0, 0.1) is 6.92 Å². The van der Waals surface area contributed by atoms with E-state index >= 15 is 0 Å². The van der Waals surface area contributed by atoms with Gasteiger partial charge in [-0.15, -0.1) is 0 Å². The highest BCUT2D eigenvalue weighted by Crippen LogP contribution is 2.33. The van der Waals surface area contributed by atoms with Gasteiger partial charge in [-0.3, -0.25) is 9.89 Å². The van der Waals surface area contributed by atoms with Gasteiger partial charge in [0.15, 0.2) is 5.58 Å². The number of fused-ring (bicyclic) bond motifs is 1. The van der Waals surface area contributed by atoms with Crippen LogP contribution in [0.1, 0.15) is 15.9 Å². The molecule has 0 aliphatic carbocycles. The molecule has 0 aliphatic heterocycles. The van der Waals surface area contributed by atoms with E-state index in [9.17, 15) is 4.79 Å². The van der Waals surface area contributed by atoms with Crippen LogP contribution in [0.15, 0.2) is 83.4 Å². The van der Waals surface area contributed by atoms with Gasteiger partial charge >= 0.3 is 0 Å². The first-order valence-corrected chi connectivity index (χ1v) is 9.55. The molecule has 6 nitrogen and oxygen atoms in total. The number of amides is 1. The molecule has 0 spiro atoms. The van der Waals surface area contributed by atoms with Crippen molar-refractivity contribution in [3.63, 3.8) is 0 Å². The average molecular weight is 394 g/mol. The molecule has 0 radical (unpaired) electrons. The molecule has 2 heterocycles. The third-order valence-corrected chi connectivity index (χ3v) is 4.86. The van der Waals surface area contributed by atoms with Crippen LogP contribution in [0.4, 0.5) is 5.69 Å². The molecule has 3 aromatic carbocycles. The van der Waals surface area contributed by atoms with Crippen LogP contribution in [0.3, 0.4) is 0 Å². The zero-order chi connectivity index (χ0) is 20.5. The van der Waals surface area contributed by atoms with E-state index in [1.807, 2.05) is 67.6 Å². The zero-order valence-corrected chi connectivity index (χ0v) is 16.2. The van der Waals surface area contributed by atoms with Gasteiger partial charge in [0.2, 0.25) is 5.89 Å². The van der Waals surface area contributed by atoms with E-state index in [0.29, 0.717) is 17.1 Å². The Bertz CT molecular complexity index is 1350. The number of oxazole rings is 1. The summed E-state index contributed by atoms with van der Waals surface area (Å²) in [6.45, 7) is 2.02. The smallest absolute Gasteiger partial charge is 0.255 e. The van der Waals surface area contributed by atoms with Gasteiger partial charge < -0.3 is 9.73 Å². The Morgan fingerprint density at radius 1 is 1.00 bits per heavy atom. The third-order valence-electron chi connectivity index (χ3n) is 4.86. The Labute approximate surface area is 172 Å². The largest absolute Gasteiger partial charge is 0.436 e. The number of hydrogen-bond acceptors (Lipinski definition) is 4. The number of nitrogens with one attached hydrogen (secondary N) is 2. The summed E-state index contributed by atoms with van der Waals surface area (Å²) in [5.41, 5.74) is 6.35. The number of H-pyrrole nitrogens is 1. The maximum atomic E-state index is 12.5. The predicted octanol–water partition coefficient (Wildman–Crippen LogP) is 5.45. The highest BCUT2D eigenvalue weighted by molar-refractivity contribution is 6.04. The van der Waals surface area contributed by atoms with Gasteiger partial charge in [-0.2, -0.15) is 5.10 Å². The fourth-order valence-corrected chi connectivity index (χ4v) is 3.37. The van der Waals surface area contributed by atoms with Crippen molar-refractivity contribution in [2.75, 3.05) is 5.32 Å². The van der Waals surface area contributed by atoms with Crippen LogP contribution in [-0.2, 0) is 0 Å². The normalized spacial score (nSPS) is 11.0. The Morgan fingerprint density at radius 2 is 1.87 bits per heavy atom. The Morgan fingerprint density at radius 3 is 2.73 bits per heavy atom. The second-order valence-corrected chi connectivity index (χ2v) is 7.05. The highest BCUT2D eigenvalue weighted by atomic mass is 16.3. The van der Waals surface area contributed by atoms with E-state index < -0.39 is 0 Å². The lowest BCUT2D eigenvalue weighted by atomic mass is 10.1. The molecular weight excluding hydrogens is 376 g/mol. The van der Waals surface area contributed by atoms with E-state index in [0.717, 1.165) is 33.5 Å². The highest BCUT2D eigenvalue weighted by Gasteiger charge is 2.16. The molecule has 5 aromatic rings. The van der Waals surface area contributed by atoms with Crippen LogP contribution in [0.5, 0.6) is 0 Å². The molecule has 0 saturated heterocycles. The minimum absolute atomic E-state index is 0.160. The number of carbonyl (C=O) groups is 1. The van der Waals surface area contributed by atoms with Crippen LogP contribution in [0.2, 0.25) is 0 Å². The van der Waals surface area contributed by atoms with Gasteiger partial charge in [0, 0.05) is 16.8 Å². The molecule has 0 saturated carbocycles. The number of benzene rings is 3. The summed E-state index contributed by atoms with van der Waals surface area (Å²) < 4.78 is 5.94. The second-order valence-electron chi connectivity index (χ2n) is 7.05. The van der Waals surface area contributed by atoms with Crippen molar-refractivity contribution in [2.24, 2.45) is 0 Å². The number of rotatable bonds is 4. The van der Waals surface area contributed by atoms with Crippen molar-refractivity contribution in [2.45, 2.75) is 6.92 Å². The van der Waals surface area contributed by atoms with Crippen molar-refractivity contribution in [3.05, 3.63) is 90.1 Å². The maximum absolute atomic E-state index is 12.5. The summed E-state index contributed by atoms with van der Waals surface area (Å²) in [7, 11) is 0. The Hall–Kier alpha value is -4.19. The number of aromatic nitrogens is 3.